The topological polar surface area (TPSA) is 324 Å². The molecule has 2 aromatic carbocycles. The molecule has 0 radical (unpaired) electrons. The van der Waals surface area contributed by atoms with E-state index in [0.717, 1.165) is 16.7 Å². The fourth-order valence-corrected chi connectivity index (χ4v) is 6.69. The zero-order valence-electron chi connectivity index (χ0n) is 28.8. The number of aromatic nitrogens is 7. The van der Waals surface area contributed by atoms with Crippen LogP contribution in [0, 0.1) is 20.8 Å². The molecule has 0 fully saturated rings. The van der Waals surface area contributed by atoms with Gasteiger partial charge in [-0.1, -0.05) is 0 Å². The van der Waals surface area contributed by atoms with E-state index in [1.165, 1.54) is 39.0 Å². The third-order valence-corrected chi connectivity index (χ3v) is 9.64. The Balaban J connectivity index is 1.52. The number of rotatable bonds is 13. The third-order valence-electron chi connectivity index (χ3n) is 7.49. The van der Waals surface area contributed by atoms with E-state index >= 15 is 0 Å². The SMILES string of the molecule is CCn1c(O)c(CON)c(C)c(N=Nc2cc(Nc3nc(Cl)nc(Nc4ccc(S(=O)(=O)O)c(Nc5nc(C)nc(Cl)n5)c4)n3)c(S(=O)(=O)O)cc2C)c1=O. The Labute approximate surface area is 321 Å². The summed E-state index contributed by atoms with van der Waals surface area (Å²) in [5.41, 5.74) is -0.501. The van der Waals surface area contributed by atoms with E-state index in [-0.39, 0.29) is 93.1 Å². The average molecular weight is 839 g/mol. The van der Waals surface area contributed by atoms with Crippen molar-refractivity contribution in [1.29, 1.82) is 0 Å². The van der Waals surface area contributed by atoms with E-state index in [4.69, 9.17) is 29.1 Å². The second kappa shape index (κ2) is 16.1. The lowest BCUT2D eigenvalue weighted by Crippen LogP contribution is -2.22. The van der Waals surface area contributed by atoms with Gasteiger partial charge in [0, 0.05) is 17.8 Å². The standard InChI is InChI=1S/C29H29Cl2N13O9S2/c1-5-44-23(45)16(11-53-32)13(3)22(24(44)46)43-42-17-10-19(21(8-12(17)2)55(50,51)52)37-29-40-26(31)39-28(41-29)35-15-6-7-20(54(47,48)49)18(9-15)36-27-34-14(4)33-25(30)38-27/h6-10,45H,5,11,32H2,1-4H3,(H,47,48,49)(H,50,51,52)(H,33,34,36,38)(H2,35,37,39,40,41). The number of nitrogens with one attached hydrogen (secondary N) is 3. The van der Waals surface area contributed by atoms with Crippen LogP contribution in [0.3, 0.4) is 0 Å². The minimum Gasteiger partial charge on any atom is -0.494 e. The second-order valence-corrected chi connectivity index (χ2v) is 14.7. The van der Waals surface area contributed by atoms with Gasteiger partial charge in [-0.05, 0) is 92.4 Å². The number of nitrogens with zero attached hydrogens (tertiary/aromatic N) is 9. The first kappa shape index (κ1) is 40.7. The van der Waals surface area contributed by atoms with Gasteiger partial charge in [-0.3, -0.25) is 23.3 Å². The van der Waals surface area contributed by atoms with Crippen molar-refractivity contribution in [3.8, 4) is 5.88 Å². The first-order valence-electron chi connectivity index (χ1n) is 15.3. The molecule has 3 aromatic heterocycles. The molecule has 0 saturated carbocycles. The molecule has 0 aliphatic heterocycles. The van der Waals surface area contributed by atoms with Crippen molar-refractivity contribution in [2.24, 2.45) is 16.1 Å². The number of hydrogen-bond donors (Lipinski definition) is 7. The van der Waals surface area contributed by atoms with Gasteiger partial charge in [0.05, 0.1) is 23.7 Å². The molecule has 5 rings (SSSR count). The van der Waals surface area contributed by atoms with Crippen LogP contribution in [0.1, 0.15) is 29.4 Å². The molecule has 8 N–H and O–H groups in total. The molecule has 22 nitrogen and oxygen atoms in total. The summed E-state index contributed by atoms with van der Waals surface area (Å²) < 4.78 is 70.1. The molecule has 0 aliphatic carbocycles. The second-order valence-electron chi connectivity index (χ2n) is 11.2. The lowest BCUT2D eigenvalue weighted by molar-refractivity contribution is 0.120. The number of halogens is 2. The fourth-order valence-electron chi connectivity index (χ4n) is 4.99. The molecule has 290 valence electrons. The van der Waals surface area contributed by atoms with Crippen molar-refractivity contribution < 1.29 is 35.9 Å². The first-order chi connectivity index (χ1) is 25.8. The van der Waals surface area contributed by atoms with Crippen molar-refractivity contribution in [2.75, 3.05) is 16.0 Å². The lowest BCUT2D eigenvalue weighted by Gasteiger charge is -2.15. The molecule has 0 aliphatic rings. The van der Waals surface area contributed by atoms with Gasteiger partial charge in [-0.2, -0.15) is 46.9 Å². The van der Waals surface area contributed by atoms with Crippen molar-refractivity contribution in [2.45, 2.75) is 50.6 Å². The zero-order chi connectivity index (χ0) is 40.4. The van der Waals surface area contributed by atoms with E-state index in [2.05, 4.69) is 60.9 Å². The smallest absolute Gasteiger partial charge is 0.296 e. The number of nitrogens with two attached hydrogens (primary N) is 1. The lowest BCUT2D eigenvalue weighted by atomic mass is 10.1. The minimum absolute atomic E-state index is 0.0357. The largest absolute Gasteiger partial charge is 0.494 e. The van der Waals surface area contributed by atoms with Crippen molar-refractivity contribution in [1.82, 2.24) is 34.5 Å². The molecule has 0 saturated heterocycles. The maximum atomic E-state index is 13.1. The number of azo groups is 1. The predicted molar refractivity (Wildman–Crippen MR) is 197 cm³/mol. The van der Waals surface area contributed by atoms with Crippen molar-refractivity contribution in [3.05, 3.63) is 73.8 Å². The molecule has 0 amide bonds. The van der Waals surface area contributed by atoms with Gasteiger partial charge in [0.15, 0.2) is 11.6 Å². The molecule has 0 unspecified atom stereocenters. The number of hydrogen-bond acceptors (Lipinski definition) is 19. The van der Waals surface area contributed by atoms with Crippen molar-refractivity contribution in [3.63, 3.8) is 0 Å². The summed E-state index contributed by atoms with van der Waals surface area (Å²) in [6.45, 7) is 5.97. The van der Waals surface area contributed by atoms with Crippen LogP contribution in [0.15, 0.2) is 55.1 Å². The van der Waals surface area contributed by atoms with Crippen LogP contribution in [0.2, 0.25) is 10.6 Å². The number of pyridine rings is 1. The maximum absolute atomic E-state index is 13.1. The number of benzene rings is 2. The Morgan fingerprint density at radius 1 is 0.818 bits per heavy atom. The molecule has 26 heteroatoms. The minimum atomic E-state index is -4.88. The van der Waals surface area contributed by atoms with Crippen LogP contribution in [0.25, 0.3) is 0 Å². The van der Waals surface area contributed by atoms with Gasteiger partial charge in [0.25, 0.3) is 25.8 Å². The van der Waals surface area contributed by atoms with Gasteiger partial charge in [0.1, 0.15) is 15.6 Å². The van der Waals surface area contributed by atoms with Crippen LogP contribution in [0.5, 0.6) is 5.88 Å². The summed E-state index contributed by atoms with van der Waals surface area (Å²) in [5, 5.41) is 26.3. The summed E-state index contributed by atoms with van der Waals surface area (Å²) in [5.74, 6) is 4.36. The van der Waals surface area contributed by atoms with E-state index < -0.39 is 40.9 Å². The summed E-state index contributed by atoms with van der Waals surface area (Å²) in [6.07, 6.45) is 0. The molecule has 55 heavy (non-hydrogen) atoms. The molecule has 5 aromatic rings. The molecule has 0 bridgehead atoms. The Morgan fingerprint density at radius 3 is 1.98 bits per heavy atom. The molecule has 0 atom stereocenters. The van der Waals surface area contributed by atoms with Gasteiger partial charge < -0.3 is 21.1 Å². The van der Waals surface area contributed by atoms with Gasteiger partial charge >= 0.3 is 0 Å². The third kappa shape index (κ3) is 9.43. The molecular weight excluding hydrogens is 809 g/mol. The fraction of sp³-hybridized carbons (Fsp3) is 0.207. The van der Waals surface area contributed by atoms with Gasteiger partial charge in [-0.25, -0.2) is 10.9 Å². The highest BCUT2D eigenvalue weighted by Gasteiger charge is 2.22. The van der Waals surface area contributed by atoms with Crippen LogP contribution < -0.4 is 27.4 Å². The summed E-state index contributed by atoms with van der Waals surface area (Å²) >= 11 is 12.1. The van der Waals surface area contributed by atoms with Crippen LogP contribution in [-0.4, -0.2) is 65.5 Å². The monoisotopic (exact) mass is 837 g/mol. The van der Waals surface area contributed by atoms with Gasteiger partial charge in [-0.15, -0.1) is 5.11 Å². The quantitative estimate of drug-likeness (QED) is 0.0479. The molecule has 3 heterocycles. The number of anilines is 6. The average Bonchev–Trinajstić information content (AvgIpc) is 3.06. The van der Waals surface area contributed by atoms with E-state index in [9.17, 15) is 35.8 Å². The Hall–Kier alpha value is -5.47. The maximum Gasteiger partial charge on any atom is 0.296 e. The highest BCUT2D eigenvalue weighted by atomic mass is 35.5. The first-order valence-corrected chi connectivity index (χ1v) is 19.0. The Bertz CT molecular complexity index is 2630. The molecule has 0 spiro atoms. The van der Waals surface area contributed by atoms with E-state index in [0.29, 0.717) is 0 Å². The van der Waals surface area contributed by atoms with Crippen LogP contribution in [-0.2, 0) is 38.2 Å². The molecular formula is C29H29Cl2N13O9S2. The van der Waals surface area contributed by atoms with Gasteiger partial charge in [0.2, 0.25) is 28.4 Å². The predicted octanol–water partition coefficient (Wildman–Crippen LogP) is 4.71. The van der Waals surface area contributed by atoms with Crippen LogP contribution in [0.4, 0.5) is 46.3 Å². The summed E-state index contributed by atoms with van der Waals surface area (Å²) in [7, 11) is -9.64. The summed E-state index contributed by atoms with van der Waals surface area (Å²) in [4.78, 5) is 40.6. The Morgan fingerprint density at radius 2 is 1.40 bits per heavy atom. The zero-order valence-corrected chi connectivity index (χ0v) is 31.9. The Kier molecular flexibility index (Phi) is 11.9. The normalized spacial score (nSPS) is 11.9. The summed E-state index contributed by atoms with van der Waals surface area (Å²) in [6, 6.07) is 5.83. The number of aromatic hydroxyl groups is 1. The van der Waals surface area contributed by atoms with Crippen LogP contribution >= 0.6 is 23.2 Å². The van der Waals surface area contributed by atoms with Crippen molar-refractivity contribution >= 4 is 89.7 Å². The highest BCUT2D eigenvalue weighted by molar-refractivity contribution is 7.86. The highest BCUT2D eigenvalue weighted by Crippen LogP contribution is 2.35. The number of aryl methyl sites for hydroxylation is 2. The van der Waals surface area contributed by atoms with E-state index in [1.54, 1.807) is 6.92 Å². The van der Waals surface area contributed by atoms with E-state index in [1.807, 2.05) is 0 Å².